The second-order valence-electron chi connectivity index (χ2n) is 9.84. The fourth-order valence-corrected chi connectivity index (χ4v) is 5.36. The zero-order chi connectivity index (χ0) is 27.5. The number of carbonyl (C=O) groups excluding carboxylic acids is 4. The Balaban J connectivity index is 1.53. The maximum atomic E-state index is 12.7. The van der Waals surface area contributed by atoms with E-state index in [0.717, 1.165) is 10.5 Å². The van der Waals surface area contributed by atoms with Crippen LogP contribution in [0.3, 0.4) is 0 Å². The molecule has 3 atom stereocenters. The summed E-state index contributed by atoms with van der Waals surface area (Å²) < 4.78 is 0. The van der Waals surface area contributed by atoms with E-state index in [1.165, 1.54) is 11.8 Å². The van der Waals surface area contributed by atoms with Crippen LogP contribution in [-0.2, 0) is 29.4 Å². The number of fused-ring (bicyclic) bond motifs is 1. The molecule has 0 aliphatic carbocycles. The first-order valence-electron chi connectivity index (χ1n) is 11.6. The number of thioether (sulfide) groups is 1. The normalized spacial score (nSPS) is 19.9. The van der Waals surface area contributed by atoms with Gasteiger partial charge in [-0.25, -0.2) is 9.59 Å². The molecule has 12 heteroatoms. The third-order valence-corrected chi connectivity index (χ3v) is 7.45. The Morgan fingerprint density at radius 3 is 2.51 bits per heavy atom. The highest BCUT2D eigenvalue weighted by atomic mass is 32.2. The summed E-state index contributed by atoms with van der Waals surface area (Å²) in [6.07, 6.45) is 0.431. The zero-order valence-electron chi connectivity index (χ0n) is 20.6. The van der Waals surface area contributed by atoms with Crippen LogP contribution in [-0.4, -0.2) is 74.3 Å². The molecule has 198 valence electrons. The first-order valence-corrected chi connectivity index (χ1v) is 12.7. The van der Waals surface area contributed by atoms with E-state index in [2.05, 4.69) is 10.6 Å². The van der Waals surface area contributed by atoms with Crippen molar-refractivity contribution in [2.24, 2.45) is 0 Å². The number of carbonyl (C=O) groups is 6. The second kappa shape index (κ2) is 11.2. The fraction of sp³-hybridized carbons (Fsp3) is 0.440. The maximum absolute atomic E-state index is 12.7. The minimum atomic E-state index is -1.39. The molecule has 1 aromatic carbocycles. The number of carboxylic acid groups (broad SMARTS) is 2. The largest absolute Gasteiger partial charge is 0.480 e. The zero-order valence-corrected chi connectivity index (χ0v) is 21.5. The van der Waals surface area contributed by atoms with E-state index in [1.807, 2.05) is 26.8 Å². The van der Waals surface area contributed by atoms with Gasteiger partial charge >= 0.3 is 11.9 Å². The molecule has 3 rings (SSSR count). The van der Waals surface area contributed by atoms with Crippen LogP contribution < -0.4 is 10.6 Å². The summed E-state index contributed by atoms with van der Waals surface area (Å²) in [7, 11) is 0. The maximum Gasteiger partial charge on any atom is 0.353 e. The average molecular weight is 532 g/mol. The van der Waals surface area contributed by atoms with Crippen LogP contribution in [0.25, 0.3) is 0 Å². The summed E-state index contributed by atoms with van der Waals surface area (Å²) in [5.41, 5.74) is 0.702. The van der Waals surface area contributed by atoms with Crippen LogP contribution in [0.2, 0.25) is 0 Å². The summed E-state index contributed by atoms with van der Waals surface area (Å²) in [5.74, 6) is -4.19. The second-order valence-corrected chi connectivity index (χ2v) is 10.9. The number of aliphatic carboxylic acids is 2. The Hall–Kier alpha value is -3.67. The van der Waals surface area contributed by atoms with Gasteiger partial charge in [-0.1, -0.05) is 32.9 Å². The van der Waals surface area contributed by atoms with Crippen molar-refractivity contribution in [1.29, 1.82) is 0 Å². The molecule has 37 heavy (non-hydrogen) atoms. The summed E-state index contributed by atoms with van der Waals surface area (Å²) in [5, 5.41) is 23.3. The van der Waals surface area contributed by atoms with Crippen molar-refractivity contribution in [3.05, 3.63) is 46.7 Å². The predicted molar refractivity (Wildman–Crippen MR) is 134 cm³/mol. The van der Waals surface area contributed by atoms with Gasteiger partial charge in [0, 0.05) is 23.3 Å². The summed E-state index contributed by atoms with van der Waals surface area (Å²) in [4.78, 5) is 72.9. The van der Waals surface area contributed by atoms with Crippen LogP contribution >= 0.6 is 11.8 Å². The third kappa shape index (κ3) is 6.19. The van der Waals surface area contributed by atoms with Crippen LogP contribution in [0.1, 0.15) is 56.0 Å². The molecule has 3 amide bonds. The highest BCUT2D eigenvalue weighted by Crippen LogP contribution is 2.39. The summed E-state index contributed by atoms with van der Waals surface area (Å²) >= 11 is 1.17. The van der Waals surface area contributed by atoms with Crippen molar-refractivity contribution in [3.8, 4) is 0 Å². The monoisotopic (exact) mass is 531 g/mol. The average Bonchev–Trinajstić information content (AvgIpc) is 2.84. The standard InChI is InChI=1S/C25H29N3O8S/c1-25(2,3)15-7-4-6-13(10-15)20(31)26-16(23(33)34)8-5-9-17(30)27-18-21(32)28-19(24(35)36)14(11-29)12-37-22(18)28/h4,6-7,10-11,16,18,22H,5,8-9,12H2,1-3H3,(H,26,31)(H,27,30)(H,33,34)(H,35,36)/t16?,18?,22-/m0/s1. The molecule has 1 fully saturated rings. The smallest absolute Gasteiger partial charge is 0.353 e. The minimum absolute atomic E-state index is 0.00114. The highest BCUT2D eigenvalue weighted by molar-refractivity contribution is 8.00. The van der Waals surface area contributed by atoms with Gasteiger partial charge < -0.3 is 20.8 Å². The molecule has 11 nitrogen and oxygen atoms in total. The molecule has 2 aliphatic rings. The molecule has 0 radical (unpaired) electrons. The molecule has 0 spiro atoms. The Labute approximate surface area is 217 Å². The van der Waals surface area contributed by atoms with Gasteiger partial charge in [0.1, 0.15) is 29.4 Å². The molecule has 2 aliphatic heterocycles. The van der Waals surface area contributed by atoms with E-state index >= 15 is 0 Å². The lowest BCUT2D eigenvalue weighted by molar-refractivity contribution is -0.150. The summed E-state index contributed by atoms with van der Waals surface area (Å²) in [6, 6.07) is 4.79. The molecule has 2 heterocycles. The van der Waals surface area contributed by atoms with Crippen molar-refractivity contribution in [1.82, 2.24) is 15.5 Å². The molecule has 0 bridgehead atoms. The van der Waals surface area contributed by atoms with Crippen molar-refractivity contribution >= 4 is 47.7 Å². The number of β-lactam (4-membered cyclic amide) rings is 1. The van der Waals surface area contributed by atoms with Crippen LogP contribution in [0.15, 0.2) is 35.5 Å². The lowest BCUT2D eigenvalue weighted by Gasteiger charge is -2.49. The number of amides is 3. The number of nitrogens with zero attached hydrogens (tertiary/aromatic N) is 1. The number of rotatable bonds is 10. The van der Waals surface area contributed by atoms with Crippen LogP contribution in [0, 0.1) is 0 Å². The number of hydrogen-bond donors (Lipinski definition) is 4. The van der Waals surface area contributed by atoms with E-state index in [-0.39, 0.29) is 41.7 Å². The Morgan fingerprint density at radius 2 is 1.92 bits per heavy atom. The highest BCUT2D eigenvalue weighted by Gasteiger charge is 2.54. The van der Waals surface area contributed by atoms with Crippen molar-refractivity contribution in [2.75, 3.05) is 5.75 Å². The molecule has 4 N–H and O–H groups in total. The fourth-order valence-electron chi connectivity index (χ4n) is 4.07. The van der Waals surface area contributed by atoms with Gasteiger partial charge in [-0.3, -0.25) is 24.1 Å². The Kier molecular flexibility index (Phi) is 8.42. The lowest BCUT2D eigenvalue weighted by atomic mass is 9.86. The molecule has 0 aromatic heterocycles. The molecule has 0 saturated carbocycles. The van der Waals surface area contributed by atoms with Gasteiger partial charge in [0.15, 0.2) is 0 Å². The molecule has 1 saturated heterocycles. The number of aldehydes is 1. The predicted octanol–water partition coefficient (Wildman–Crippen LogP) is 1.27. The lowest BCUT2D eigenvalue weighted by Crippen LogP contribution is -2.70. The Morgan fingerprint density at radius 1 is 1.22 bits per heavy atom. The number of nitrogens with one attached hydrogen (secondary N) is 2. The number of carboxylic acids is 2. The third-order valence-electron chi connectivity index (χ3n) is 6.15. The van der Waals surface area contributed by atoms with Gasteiger partial charge in [-0.15, -0.1) is 11.8 Å². The van der Waals surface area contributed by atoms with Gasteiger partial charge in [0.05, 0.1) is 0 Å². The number of hydrogen-bond acceptors (Lipinski definition) is 7. The van der Waals surface area contributed by atoms with Crippen LogP contribution in [0.5, 0.6) is 0 Å². The molecular weight excluding hydrogens is 502 g/mol. The van der Waals surface area contributed by atoms with Crippen molar-refractivity contribution < 1.29 is 39.0 Å². The van der Waals surface area contributed by atoms with Crippen molar-refractivity contribution in [2.45, 2.75) is 62.9 Å². The van der Waals surface area contributed by atoms with E-state index in [9.17, 15) is 39.0 Å². The molecular formula is C25H29N3O8S. The first-order chi connectivity index (χ1) is 17.3. The van der Waals surface area contributed by atoms with Gasteiger partial charge in [-0.2, -0.15) is 0 Å². The van der Waals surface area contributed by atoms with E-state index in [4.69, 9.17) is 0 Å². The number of benzene rings is 1. The van der Waals surface area contributed by atoms with Gasteiger partial charge in [-0.05, 0) is 36.0 Å². The molecule has 2 unspecified atom stereocenters. The van der Waals surface area contributed by atoms with E-state index in [1.54, 1.807) is 18.2 Å². The van der Waals surface area contributed by atoms with Crippen LogP contribution in [0.4, 0.5) is 0 Å². The first kappa shape index (κ1) is 27.9. The SMILES string of the molecule is CC(C)(C)c1cccc(C(=O)NC(CCCC(=O)NC2C(=O)N3C(C(=O)O)=C(C=O)CS[C@@H]23)C(=O)O)c1. The van der Waals surface area contributed by atoms with Gasteiger partial charge in [0.2, 0.25) is 5.91 Å². The van der Waals surface area contributed by atoms with E-state index in [0.29, 0.717) is 11.8 Å². The summed E-state index contributed by atoms with van der Waals surface area (Å²) in [6.45, 7) is 6.00. The van der Waals surface area contributed by atoms with Gasteiger partial charge in [0.25, 0.3) is 11.8 Å². The Bertz CT molecular complexity index is 1170. The minimum Gasteiger partial charge on any atom is -0.480 e. The topological polar surface area (TPSA) is 170 Å². The molecule has 1 aromatic rings. The van der Waals surface area contributed by atoms with Crippen molar-refractivity contribution in [3.63, 3.8) is 0 Å². The van der Waals surface area contributed by atoms with E-state index < -0.39 is 47.1 Å². The quantitative estimate of drug-likeness (QED) is 0.256.